The molecule has 3 N–H and O–H groups in total. The van der Waals surface area contributed by atoms with E-state index in [2.05, 4.69) is 5.32 Å². The van der Waals surface area contributed by atoms with Crippen LogP contribution in [0.3, 0.4) is 0 Å². The average molecular weight is 564 g/mol. The van der Waals surface area contributed by atoms with Crippen molar-refractivity contribution < 1.29 is 24.2 Å². The highest BCUT2D eigenvalue weighted by atomic mass is 16.5. The van der Waals surface area contributed by atoms with E-state index in [1.807, 2.05) is 71.0 Å². The standard InChI is InChI=1S/C32H27N3O5.C2H6/c1-32(2,3)24-16-18(13-14-25(36)37)15-22-26(31(39)40-29(22)24)28-21-12-8-7-11-20(21)27(35-28)23(17-33)30(38)34-19-9-5-4-6-10-19;1-2/h4-12,15-16,39H,13-14H2,1-3H3,(H,34,38)(H,36,37);1-2H3/b27-23+;. The number of aliphatic imine (C=N–C) groups is 1. The van der Waals surface area contributed by atoms with Crippen LogP contribution in [-0.4, -0.2) is 27.8 Å². The van der Waals surface area contributed by atoms with Crippen LogP contribution in [0.5, 0.6) is 5.95 Å². The maximum absolute atomic E-state index is 13.2. The number of aliphatic carboxylic acids is 1. The summed E-state index contributed by atoms with van der Waals surface area (Å²) in [5.74, 6) is -1.86. The van der Waals surface area contributed by atoms with Crippen molar-refractivity contribution in [2.75, 3.05) is 5.32 Å². The fourth-order valence-corrected chi connectivity index (χ4v) is 4.86. The van der Waals surface area contributed by atoms with E-state index >= 15 is 0 Å². The first-order chi connectivity index (χ1) is 20.1. The lowest BCUT2D eigenvalue weighted by Crippen LogP contribution is -2.14. The van der Waals surface area contributed by atoms with Gasteiger partial charge in [-0.2, -0.15) is 5.26 Å². The number of nitrogens with zero attached hydrogens (tertiary/aromatic N) is 2. The van der Waals surface area contributed by atoms with Crippen molar-refractivity contribution >= 4 is 39.9 Å². The zero-order valence-electron chi connectivity index (χ0n) is 24.3. The Morgan fingerprint density at radius 3 is 2.26 bits per heavy atom. The number of carbonyl (C=O) groups is 2. The number of anilines is 1. The molecule has 42 heavy (non-hydrogen) atoms. The number of aryl methyl sites for hydroxylation is 1. The van der Waals surface area contributed by atoms with Crippen LogP contribution in [-0.2, 0) is 21.4 Å². The highest BCUT2D eigenvalue weighted by Gasteiger charge is 2.32. The Hall–Kier alpha value is -5.16. The molecule has 2 heterocycles. The van der Waals surface area contributed by atoms with Gasteiger partial charge >= 0.3 is 5.97 Å². The molecular weight excluding hydrogens is 530 g/mol. The number of nitriles is 1. The number of carbonyl (C=O) groups excluding carboxylic acids is 1. The van der Waals surface area contributed by atoms with Crippen LogP contribution in [0.15, 0.2) is 81.7 Å². The number of benzene rings is 3. The van der Waals surface area contributed by atoms with Gasteiger partial charge in [0.05, 0.1) is 17.0 Å². The van der Waals surface area contributed by atoms with E-state index in [0.717, 1.165) is 11.1 Å². The van der Waals surface area contributed by atoms with E-state index in [-0.39, 0.29) is 29.1 Å². The second-order valence-electron chi connectivity index (χ2n) is 10.6. The van der Waals surface area contributed by atoms with Gasteiger partial charge in [-0.3, -0.25) is 9.59 Å². The largest absolute Gasteiger partial charge is 0.481 e. The summed E-state index contributed by atoms with van der Waals surface area (Å²) in [5.41, 5.74) is 4.13. The predicted molar refractivity (Wildman–Crippen MR) is 164 cm³/mol. The summed E-state index contributed by atoms with van der Waals surface area (Å²) in [6.45, 7) is 10.0. The van der Waals surface area contributed by atoms with Crippen LogP contribution in [0.4, 0.5) is 5.69 Å². The van der Waals surface area contributed by atoms with E-state index in [1.54, 1.807) is 36.4 Å². The Kier molecular flexibility index (Phi) is 8.62. The molecule has 0 saturated carbocycles. The molecule has 0 fully saturated rings. The van der Waals surface area contributed by atoms with Crippen LogP contribution in [0.1, 0.15) is 68.9 Å². The fourth-order valence-electron chi connectivity index (χ4n) is 4.86. The molecule has 8 heteroatoms. The van der Waals surface area contributed by atoms with Crippen LogP contribution in [0.25, 0.3) is 16.7 Å². The summed E-state index contributed by atoms with van der Waals surface area (Å²) in [7, 11) is 0. The third kappa shape index (κ3) is 5.81. The maximum atomic E-state index is 13.2. The molecule has 8 nitrogen and oxygen atoms in total. The molecule has 0 radical (unpaired) electrons. The number of para-hydroxylation sites is 1. The average Bonchev–Trinajstić information content (AvgIpc) is 3.49. The van der Waals surface area contributed by atoms with Gasteiger partial charge in [0.1, 0.15) is 17.2 Å². The number of carboxylic acids is 1. The molecule has 3 aromatic carbocycles. The highest BCUT2D eigenvalue weighted by molar-refractivity contribution is 6.28. The number of furan rings is 1. The number of rotatable bonds is 6. The van der Waals surface area contributed by atoms with Crippen molar-refractivity contribution in [1.29, 1.82) is 5.26 Å². The Balaban J connectivity index is 0.00000198. The summed E-state index contributed by atoms with van der Waals surface area (Å²) >= 11 is 0. The number of nitrogens with one attached hydrogen (secondary N) is 1. The van der Waals surface area contributed by atoms with Crippen LogP contribution >= 0.6 is 0 Å². The van der Waals surface area contributed by atoms with Crippen molar-refractivity contribution in [1.82, 2.24) is 0 Å². The number of aromatic hydroxyl groups is 1. The Bertz CT molecular complexity index is 1770. The summed E-state index contributed by atoms with van der Waals surface area (Å²) in [5, 5.41) is 33.7. The second-order valence-corrected chi connectivity index (χ2v) is 10.6. The van der Waals surface area contributed by atoms with Crippen molar-refractivity contribution in [3.8, 4) is 12.0 Å². The molecule has 4 aromatic rings. The Morgan fingerprint density at radius 2 is 1.64 bits per heavy atom. The summed E-state index contributed by atoms with van der Waals surface area (Å²) in [6, 6.07) is 21.7. The van der Waals surface area contributed by atoms with Crippen molar-refractivity contribution in [3.05, 3.63) is 100 Å². The summed E-state index contributed by atoms with van der Waals surface area (Å²) in [4.78, 5) is 29.2. The second kappa shape index (κ2) is 12.1. The van der Waals surface area contributed by atoms with Gasteiger partial charge in [-0.1, -0.05) is 83.1 Å². The lowest BCUT2D eigenvalue weighted by molar-refractivity contribution is -0.137. The molecular formula is C34H33N3O5. The summed E-state index contributed by atoms with van der Waals surface area (Å²) in [6.07, 6.45) is 0.249. The van der Waals surface area contributed by atoms with Gasteiger partial charge in [-0.15, -0.1) is 0 Å². The fraction of sp³-hybridized carbons (Fsp3) is 0.235. The Labute approximate surface area is 244 Å². The first kappa shape index (κ1) is 29.8. The lowest BCUT2D eigenvalue weighted by Gasteiger charge is -2.20. The molecule has 0 unspecified atom stereocenters. The number of fused-ring (bicyclic) bond motifs is 2. The Morgan fingerprint density at radius 1 is 1.00 bits per heavy atom. The normalized spacial score (nSPS) is 13.4. The SMILES string of the molecule is CC.CC(C)(C)c1cc(CCC(=O)O)cc2c(C3=N/C(=C(\C#N)C(=O)Nc4ccccc4)c4ccccc43)c(O)oc12. The van der Waals surface area contributed by atoms with Crippen molar-refractivity contribution in [2.24, 2.45) is 4.99 Å². The quantitative estimate of drug-likeness (QED) is 0.168. The van der Waals surface area contributed by atoms with E-state index in [0.29, 0.717) is 45.5 Å². The number of amides is 1. The van der Waals surface area contributed by atoms with Crippen molar-refractivity contribution in [3.63, 3.8) is 0 Å². The minimum absolute atomic E-state index is 0.0486. The lowest BCUT2D eigenvalue weighted by atomic mass is 9.83. The van der Waals surface area contributed by atoms with Gasteiger partial charge in [-0.25, -0.2) is 4.99 Å². The molecule has 0 aliphatic carbocycles. The first-order valence-electron chi connectivity index (χ1n) is 13.8. The summed E-state index contributed by atoms with van der Waals surface area (Å²) < 4.78 is 5.91. The highest BCUT2D eigenvalue weighted by Crippen LogP contribution is 2.43. The van der Waals surface area contributed by atoms with Gasteiger partial charge in [-0.05, 0) is 35.6 Å². The van der Waals surface area contributed by atoms with Crippen LogP contribution < -0.4 is 5.32 Å². The molecule has 0 atom stereocenters. The van der Waals surface area contributed by atoms with Gasteiger partial charge in [0.15, 0.2) is 0 Å². The molecule has 1 aliphatic rings. The minimum atomic E-state index is -0.908. The number of hydrogen-bond donors (Lipinski definition) is 3. The molecule has 1 aromatic heterocycles. The smallest absolute Gasteiger partial charge is 0.303 e. The van der Waals surface area contributed by atoms with Gasteiger partial charge < -0.3 is 19.9 Å². The van der Waals surface area contributed by atoms with Crippen LogP contribution in [0.2, 0.25) is 0 Å². The van der Waals surface area contributed by atoms with E-state index in [9.17, 15) is 25.1 Å². The number of hydrogen-bond acceptors (Lipinski definition) is 6. The zero-order chi connectivity index (χ0) is 30.6. The molecule has 1 aliphatic heterocycles. The predicted octanol–water partition coefficient (Wildman–Crippen LogP) is 7.20. The molecule has 1 amide bonds. The number of carboxylic acid groups (broad SMARTS) is 1. The zero-order valence-corrected chi connectivity index (χ0v) is 24.3. The molecule has 5 rings (SSSR count). The third-order valence-electron chi connectivity index (χ3n) is 6.77. The van der Waals surface area contributed by atoms with Crippen LogP contribution in [0, 0.1) is 11.3 Å². The molecule has 0 saturated heterocycles. The van der Waals surface area contributed by atoms with Crippen molar-refractivity contribution in [2.45, 2.75) is 52.9 Å². The van der Waals surface area contributed by atoms with E-state index in [1.165, 1.54) is 0 Å². The third-order valence-corrected chi connectivity index (χ3v) is 6.77. The first-order valence-corrected chi connectivity index (χ1v) is 13.8. The monoisotopic (exact) mass is 563 g/mol. The van der Waals surface area contributed by atoms with Gasteiger partial charge in [0.25, 0.3) is 11.9 Å². The minimum Gasteiger partial charge on any atom is -0.481 e. The van der Waals surface area contributed by atoms with Gasteiger partial charge in [0.2, 0.25) is 0 Å². The maximum Gasteiger partial charge on any atom is 0.303 e. The van der Waals surface area contributed by atoms with E-state index in [4.69, 9.17) is 9.41 Å². The van der Waals surface area contributed by atoms with E-state index < -0.39 is 11.9 Å². The topological polar surface area (TPSA) is 136 Å². The molecule has 0 spiro atoms. The van der Waals surface area contributed by atoms with Gasteiger partial charge in [0, 0.05) is 34.2 Å². The molecule has 0 bridgehead atoms. The molecule has 214 valence electrons.